The second-order valence-electron chi connectivity index (χ2n) is 3.86. The van der Waals surface area contributed by atoms with E-state index >= 15 is 0 Å². The highest BCUT2D eigenvalue weighted by Crippen LogP contribution is 1.96. The monoisotopic (exact) mass is 183 g/mol. The molecule has 0 saturated heterocycles. The molecular formula is C9H17N3O. The molecule has 0 atom stereocenters. The minimum atomic E-state index is -0.0647. The number of carbonyl (C=O) groups excluding carboxylic acids is 1. The molecule has 1 amide bonds. The van der Waals surface area contributed by atoms with Crippen molar-refractivity contribution in [3.63, 3.8) is 0 Å². The first-order valence-electron chi connectivity index (χ1n) is 4.34. The lowest BCUT2D eigenvalue weighted by molar-refractivity contribution is -0.120. The first-order chi connectivity index (χ1) is 5.95. The van der Waals surface area contributed by atoms with Crippen LogP contribution in [0.25, 0.3) is 0 Å². The van der Waals surface area contributed by atoms with Crippen molar-refractivity contribution in [3.8, 4) is 6.07 Å². The molecule has 0 radical (unpaired) electrons. The number of hydrogen-bond donors (Lipinski definition) is 2. The minimum Gasteiger partial charge on any atom is -0.354 e. The van der Waals surface area contributed by atoms with Crippen molar-refractivity contribution in [3.05, 3.63) is 0 Å². The van der Waals surface area contributed by atoms with Gasteiger partial charge in [-0.2, -0.15) is 5.26 Å². The average molecular weight is 183 g/mol. The molecule has 4 heteroatoms. The molecule has 0 aliphatic rings. The van der Waals surface area contributed by atoms with Crippen molar-refractivity contribution in [2.24, 2.45) is 0 Å². The molecular weight excluding hydrogens is 166 g/mol. The molecule has 0 aliphatic carbocycles. The average Bonchev–Trinajstić information content (AvgIpc) is 2.00. The fourth-order valence-corrected chi connectivity index (χ4v) is 0.666. The van der Waals surface area contributed by atoms with Crippen LogP contribution in [0.5, 0.6) is 0 Å². The Balaban J connectivity index is 3.48. The first-order valence-corrected chi connectivity index (χ1v) is 4.34. The van der Waals surface area contributed by atoms with Gasteiger partial charge in [0.1, 0.15) is 0 Å². The van der Waals surface area contributed by atoms with Gasteiger partial charge >= 0.3 is 0 Å². The lowest BCUT2D eigenvalue weighted by Gasteiger charge is -2.19. The molecule has 0 rings (SSSR count). The van der Waals surface area contributed by atoms with Gasteiger partial charge in [-0.15, -0.1) is 0 Å². The number of hydrogen-bond acceptors (Lipinski definition) is 3. The highest BCUT2D eigenvalue weighted by Gasteiger charge is 2.10. The number of amides is 1. The molecule has 0 aromatic rings. The van der Waals surface area contributed by atoms with Gasteiger partial charge in [-0.05, 0) is 20.8 Å². The van der Waals surface area contributed by atoms with Crippen molar-refractivity contribution in [1.82, 2.24) is 10.6 Å². The zero-order valence-corrected chi connectivity index (χ0v) is 8.48. The molecule has 0 aromatic heterocycles. The van der Waals surface area contributed by atoms with Gasteiger partial charge in [0, 0.05) is 12.1 Å². The Morgan fingerprint density at radius 3 is 2.54 bits per heavy atom. The summed E-state index contributed by atoms with van der Waals surface area (Å²) in [6, 6.07) is 1.96. The predicted molar refractivity (Wildman–Crippen MR) is 51.0 cm³/mol. The van der Waals surface area contributed by atoms with E-state index in [9.17, 15) is 4.79 Å². The smallest absolute Gasteiger partial charge is 0.234 e. The van der Waals surface area contributed by atoms with Crippen LogP contribution in [0.3, 0.4) is 0 Å². The van der Waals surface area contributed by atoms with E-state index in [1.807, 2.05) is 26.8 Å². The molecule has 0 unspecified atom stereocenters. The summed E-state index contributed by atoms with van der Waals surface area (Å²) in [5, 5.41) is 13.9. The number of nitrogens with zero attached hydrogens (tertiary/aromatic N) is 1. The van der Waals surface area contributed by atoms with E-state index in [1.54, 1.807) is 0 Å². The van der Waals surface area contributed by atoms with E-state index in [1.165, 1.54) is 0 Å². The maximum Gasteiger partial charge on any atom is 0.234 e. The Hall–Kier alpha value is -1.08. The fourth-order valence-electron chi connectivity index (χ4n) is 0.666. The van der Waals surface area contributed by atoms with Gasteiger partial charge in [0.25, 0.3) is 0 Å². The quantitative estimate of drug-likeness (QED) is 0.620. The first kappa shape index (κ1) is 11.9. The molecule has 0 aliphatic heterocycles. The Morgan fingerprint density at radius 1 is 1.46 bits per heavy atom. The van der Waals surface area contributed by atoms with Gasteiger partial charge in [0.05, 0.1) is 19.0 Å². The molecule has 0 aromatic carbocycles. The summed E-state index contributed by atoms with van der Waals surface area (Å²) in [7, 11) is 0. The van der Waals surface area contributed by atoms with Gasteiger partial charge in [-0.3, -0.25) is 4.79 Å². The second kappa shape index (κ2) is 5.55. The molecule has 4 nitrogen and oxygen atoms in total. The van der Waals surface area contributed by atoms with Crippen LogP contribution in [0.1, 0.15) is 27.2 Å². The Morgan fingerprint density at radius 2 is 2.08 bits per heavy atom. The zero-order chi connectivity index (χ0) is 10.3. The third kappa shape index (κ3) is 8.83. The van der Waals surface area contributed by atoms with Crippen LogP contribution in [0, 0.1) is 11.3 Å². The van der Waals surface area contributed by atoms with Gasteiger partial charge < -0.3 is 10.6 Å². The summed E-state index contributed by atoms with van der Waals surface area (Å²) in [6.07, 6.45) is 0.362. The van der Waals surface area contributed by atoms with Crippen molar-refractivity contribution in [2.45, 2.75) is 32.7 Å². The zero-order valence-electron chi connectivity index (χ0n) is 8.48. The van der Waals surface area contributed by atoms with Crippen molar-refractivity contribution in [1.29, 1.82) is 5.26 Å². The Labute approximate surface area is 79.3 Å². The van der Waals surface area contributed by atoms with Crippen LogP contribution in [0.4, 0.5) is 0 Å². The standard InChI is InChI=1S/C9H17N3O/c1-9(2,3)12-7-8(13)11-6-4-5-10/h12H,4,6-7H2,1-3H3,(H,11,13). The van der Waals surface area contributed by atoms with Crippen LogP contribution >= 0.6 is 0 Å². The third-order valence-electron chi connectivity index (χ3n) is 1.34. The molecule has 0 fully saturated rings. The van der Waals surface area contributed by atoms with Crippen molar-refractivity contribution in [2.75, 3.05) is 13.1 Å². The highest BCUT2D eigenvalue weighted by molar-refractivity contribution is 5.78. The molecule has 2 N–H and O–H groups in total. The highest BCUT2D eigenvalue weighted by atomic mass is 16.1. The number of nitrogens with one attached hydrogen (secondary N) is 2. The maximum atomic E-state index is 11.1. The maximum absolute atomic E-state index is 11.1. The second-order valence-corrected chi connectivity index (χ2v) is 3.86. The van der Waals surface area contributed by atoms with E-state index in [2.05, 4.69) is 10.6 Å². The lowest BCUT2D eigenvalue weighted by Crippen LogP contribution is -2.43. The topological polar surface area (TPSA) is 64.9 Å². The van der Waals surface area contributed by atoms with Crippen LogP contribution in [0.15, 0.2) is 0 Å². The SMILES string of the molecule is CC(C)(C)NCC(=O)NCCC#N. The minimum absolute atomic E-state index is 0.0490. The summed E-state index contributed by atoms with van der Waals surface area (Å²) in [6.45, 7) is 6.72. The van der Waals surface area contributed by atoms with E-state index in [-0.39, 0.29) is 11.4 Å². The van der Waals surface area contributed by atoms with Crippen LogP contribution in [-0.2, 0) is 4.79 Å². The summed E-state index contributed by atoms with van der Waals surface area (Å²) in [4.78, 5) is 11.1. The number of carbonyl (C=O) groups is 1. The summed E-state index contributed by atoms with van der Waals surface area (Å²) >= 11 is 0. The predicted octanol–water partition coefficient (Wildman–Crippen LogP) is 0.404. The van der Waals surface area contributed by atoms with Crippen LogP contribution in [-0.4, -0.2) is 24.5 Å². The van der Waals surface area contributed by atoms with Crippen LogP contribution in [0.2, 0.25) is 0 Å². The van der Waals surface area contributed by atoms with Crippen molar-refractivity contribution >= 4 is 5.91 Å². The van der Waals surface area contributed by atoms with E-state index in [4.69, 9.17) is 5.26 Å². The summed E-state index contributed by atoms with van der Waals surface area (Å²) in [5.41, 5.74) is -0.0490. The molecule has 74 valence electrons. The normalized spacial score (nSPS) is 10.6. The molecule has 13 heavy (non-hydrogen) atoms. The van der Waals surface area contributed by atoms with E-state index in [0.717, 1.165) is 0 Å². The fraction of sp³-hybridized carbons (Fsp3) is 0.778. The van der Waals surface area contributed by atoms with Gasteiger partial charge in [0.15, 0.2) is 0 Å². The molecule has 0 saturated carbocycles. The van der Waals surface area contributed by atoms with Crippen molar-refractivity contribution < 1.29 is 4.79 Å². The van der Waals surface area contributed by atoms with E-state index < -0.39 is 0 Å². The van der Waals surface area contributed by atoms with E-state index in [0.29, 0.717) is 19.5 Å². The largest absolute Gasteiger partial charge is 0.354 e. The number of nitriles is 1. The van der Waals surface area contributed by atoms with Gasteiger partial charge in [0.2, 0.25) is 5.91 Å². The van der Waals surface area contributed by atoms with Gasteiger partial charge in [-0.1, -0.05) is 0 Å². The van der Waals surface area contributed by atoms with Crippen LogP contribution < -0.4 is 10.6 Å². The number of rotatable bonds is 4. The van der Waals surface area contributed by atoms with Gasteiger partial charge in [-0.25, -0.2) is 0 Å². The summed E-state index contributed by atoms with van der Waals surface area (Å²) in [5.74, 6) is -0.0647. The summed E-state index contributed by atoms with van der Waals surface area (Å²) < 4.78 is 0. The molecule has 0 heterocycles. The Bertz CT molecular complexity index is 200. The Kier molecular flexibility index (Phi) is 5.09. The third-order valence-corrected chi connectivity index (χ3v) is 1.34. The lowest BCUT2D eigenvalue weighted by atomic mass is 10.1. The molecule has 0 bridgehead atoms. The molecule has 0 spiro atoms.